The molecule has 12 nitrogen and oxygen atoms in total. The topological polar surface area (TPSA) is 142 Å². The summed E-state index contributed by atoms with van der Waals surface area (Å²) in [5.41, 5.74) is -1.37. The second-order valence-corrected chi connectivity index (χ2v) is 16.7. The van der Waals surface area contributed by atoms with E-state index in [2.05, 4.69) is 22.5 Å². The number of hydrogen-bond acceptors (Lipinski definition) is 11. The van der Waals surface area contributed by atoms with Crippen molar-refractivity contribution in [2.45, 2.75) is 159 Å². The lowest BCUT2D eigenvalue weighted by Crippen LogP contribution is -2.65. The minimum Gasteiger partial charge on any atom is -0.458 e. The lowest BCUT2D eigenvalue weighted by atomic mass is 9.92. The number of likely N-dealkylation sites (N-methyl/N-ethyl adjacent to an activating group) is 1. The van der Waals surface area contributed by atoms with Crippen LogP contribution in [0.4, 0.5) is 0 Å². The summed E-state index contributed by atoms with van der Waals surface area (Å²) in [7, 11) is 1.97. The predicted molar refractivity (Wildman–Crippen MR) is 184 cm³/mol. The molecule has 10 atom stereocenters. The molecule has 3 fully saturated rings. The molecular weight excluding hydrogens is 662 g/mol. The van der Waals surface area contributed by atoms with Crippen LogP contribution in [0.5, 0.6) is 0 Å². The highest BCUT2D eigenvalue weighted by Gasteiger charge is 2.59. The first-order valence-corrected chi connectivity index (χ1v) is 18.9. The van der Waals surface area contributed by atoms with Crippen molar-refractivity contribution in [2.75, 3.05) is 19.8 Å². The first kappa shape index (κ1) is 40.8. The summed E-state index contributed by atoms with van der Waals surface area (Å²) in [6, 6.07) is -1.73. The molecule has 276 valence electrons. The second kappa shape index (κ2) is 17.0. The van der Waals surface area contributed by atoms with E-state index >= 15 is 0 Å². The van der Waals surface area contributed by atoms with Gasteiger partial charge in [-0.1, -0.05) is 27.2 Å². The van der Waals surface area contributed by atoms with Crippen molar-refractivity contribution in [2.24, 2.45) is 11.8 Å². The number of halogens is 1. The van der Waals surface area contributed by atoms with Gasteiger partial charge in [0.1, 0.15) is 35.4 Å². The fourth-order valence-corrected chi connectivity index (χ4v) is 7.60. The van der Waals surface area contributed by atoms with Gasteiger partial charge in [-0.25, -0.2) is 4.79 Å². The van der Waals surface area contributed by atoms with E-state index in [4.69, 9.17) is 35.3 Å². The van der Waals surface area contributed by atoms with Gasteiger partial charge in [-0.2, -0.15) is 0 Å². The number of likely N-dealkylation sites (tertiary alicyclic amines) is 1. The Morgan fingerprint density at radius 3 is 2.27 bits per heavy atom. The maximum absolute atomic E-state index is 13.6. The fourth-order valence-electron chi connectivity index (χ4n) is 6.67. The van der Waals surface area contributed by atoms with Gasteiger partial charge in [0.2, 0.25) is 11.8 Å². The lowest BCUT2D eigenvalue weighted by Gasteiger charge is -2.44. The van der Waals surface area contributed by atoms with Gasteiger partial charge >= 0.3 is 11.9 Å². The highest BCUT2D eigenvalue weighted by Crippen LogP contribution is 2.42. The Morgan fingerprint density at radius 1 is 1.06 bits per heavy atom. The van der Waals surface area contributed by atoms with E-state index in [1.165, 1.54) is 11.8 Å². The molecule has 0 bridgehead atoms. The fraction of sp³-hybridized carbons (Fsp3) is 0.882. The Morgan fingerprint density at radius 2 is 1.71 bits per heavy atom. The molecule has 14 heteroatoms. The van der Waals surface area contributed by atoms with E-state index in [1.54, 1.807) is 48.5 Å². The molecule has 48 heavy (non-hydrogen) atoms. The number of nitrogens with one attached hydrogen (secondary N) is 2. The minimum atomic E-state index is -1.02. The van der Waals surface area contributed by atoms with Crippen molar-refractivity contribution in [1.29, 1.82) is 0 Å². The Hall–Kier alpha value is -1.64. The number of alkyl halides is 1. The zero-order valence-corrected chi connectivity index (χ0v) is 32.1. The Kier molecular flexibility index (Phi) is 14.5. The molecule has 2 N–H and O–H groups in total. The number of hydrogen-bond donors (Lipinski definition) is 2. The van der Waals surface area contributed by atoms with Crippen LogP contribution >= 0.6 is 23.4 Å². The van der Waals surface area contributed by atoms with Crippen LogP contribution in [0.2, 0.25) is 0 Å². The Bertz CT molecular complexity index is 1130. The van der Waals surface area contributed by atoms with Crippen LogP contribution in [0, 0.1) is 11.8 Å². The number of ether oxygens (including phenoxy) is 5. The van der Waals surface area contributed by atoms with Crippen molar-refractivity contribution in [3.63, 3.8) is 0 Å². The third-order valence-corrected chi connectivity index (χ3v) is 9.98. The quantitative estimate of drug-likeness (QED) is 0.199. The summed E-state index contributed by atoms with van der Waals surface area (Å²) >= 11 is 8.07. The van der Waals surface area contributed by atoms with E-state index in [1.807, 2.05) is 20.2 Å². The third kappa shape index (κ3) is 10.9. The van der Waals surface area contributed by atoms with Crippen molar-refractivity contribution < 1.29 is 42.9 Å². The summed E-state index contributed by atoms with van der Waals surface area (Å²) in [5.74, 6) is -2.50. The van der Waals surface area contributed by atoms with Gasteiger partial charge < -0.3 is 34.3 Å². The van der Waals surface area contributed by atoms with Gasteiger partial charge in [0, 0.05) is 13.0 Å². The molecule has 0 aromatic rings. The standard InChI is InChI=1S/C34H58ClN3O9S/c1-12-13-20-16-21(38(10)17-20)30(41)37-25(19(4)35)26-27-28(46-34(8,9)45-27)29(32(44-26)48-11)43-23(40)15-14-22(39)36-24(18(2)3)31(42)47-33(5,6)7/h18-21,24-29,32H,12-17H2,1-11H3,(H,36,39)(H,37,41)/t19-,20+,21-,24-,25+,26+,27?,28-,29+,32+/m0/s1. The van der Waals surface area contributed by atoms with Crippen LogP contribution in [-0.4, -0.2) is 113 Å². The van der Waals surface area contributed by atoms with Crippen molar-refractivity contribution >= 4 is 47.1 Å². The first-order valence-electron chi connectivity index (χ1n) is 17.2. The monoisotopic (exact) mass is 719 g/mol. The van der Waals surface area contributed by atoms with Crippen LogP contribution in [0.1, 0.15) is 94.4 Å². The summed E-state index contributed by atoms with van der Waals surface area (Å²) in [6.45, 7) is 17.3. The van der Waals surface area contributed by atoms with Gasteiger partial charge in [0.25, 0.3) is 0 Å². The molecule has 2 amide bonds. The number of nitrogens with zero attached hydrogens (tertiary/aromatic N) is 1. The molecule has 0 saturated carbocycles. The Balaban J connectivity index is 1.69. The number of thioether (sulfide) groups is 1. The molecule has 0 radical (unpaired) electrons. The molecule has 3 rings (SSSR count). The second-order valence-electron chi connectivity index (χ2n) is 15.1. The predicted octanol–water partition coefficient (Wildman–Crippen LogP) is 4.00. The number of esters is 2. The normalized spacial score (nSPS) is 30.6. The maximum Gasteiger partial charge on any atom is 0.329 e. The molecule has 1 unspecified atom stereocenters. The highest BCUT2D eigenvalue weighted by atomic mass is 35.5. The molecule has 3 saturated heterocycles. The van der Waals surface area contributed by atoms with Crippen molar-refractivity contribution in [1.82, 2.24) is 15.5 Å². The smallest absolute Gasteiger partial charge is 0.329 e. The molecule has 3 aliphatic rings. The number of rotatable bonds is 14. The van der Waals surface area contributed by atoms with Crippen molar-refractivity contribution in [3.8, 4) is 0 Å². The van der Waals surface area contributed by atoms with E-state index < -0.39 is 76.5 Å². The number of fused-ring (bicyclic) bond motifs is 1. The molecule has 0 aromatic carbocycles. The van der Waals surface area contributed by atoms with Crippen LogP contribution < -0.4 is 10.6 Å². The molecule has 0 spiro atoms. The molecule has 3 aliphatic heterocycles. The number of amides is 2. The average molecular weight is 720 g/mol. The summed E-state index contributed by atoms with van der Waals surface area (Å²) in [4.78, 5) is 54.3. The zero-order valence-electron chi connectivity index (χ0n) is 30.5. The van der Waals surface area contributed by atoms with Crippen LogP contribution in [-0.2, 0) is 42.9 Å². The van der Waals surface area contributed by atoms with Gasteiger partial charge in [-0.3, -0.25) is 19.3 Å². The minimum absolute atomic E-state index is 0.106. The van der Waals surface area contributed by atoms with Gasteiger partial charge in [-0.15, -0.1) is 23.4 Å². The van der Waals surface area contributed by atoms with E-state index in [0.29, 0.717) is 5.92 Å². The van der Waals surface area contributed by atoms with Crippen LogP contribution in [0.3, 0.4) is 0 Å². The SMILES string of the molecule is CCC[C@@H]1C[C@@H](C(=O)N[C@H]([C@H](C)Cl)[C@H]2O[C@H](SC)[C@H](OC(=O)CCC(=O)N[C@H](C(=O)OC(C)(C)C)C(C)C)[C@H]3OC(C)(C)OC23)N(C)C1. The average Bonchev–Trinajstić information content (AvgIpc) is 3.50. The van der Waals surface area contributed by atoms with Gasteiger partial charge in [-0.05, 0) is 79.5 Å². The lowest BCUT2D eigenvalue weighted by molar-refractivity contribution is -0.193. The number of carbonyl (C=O) groups excluding carboxylic acids is 4. The van der Waals surface area contributed by atoms with Gasteiger partial charge in [0.05, 0.1) is 23.9 Å². The third-order valence-electron chi connectivity index (χ3n) is 8.86. The van der Waals surface area contributed by atoms with E-state index in [9.17, 15) is 19.2 Å². The summed E-state index contributed by atoms with van der Waals surface area (Å²) in [5, 5.41) is 5.35. The maximum atomic E-state index is 13.6. The van der Waals surface area contributed by atoms with E-state index in [0.717, 1.165) is 25.8 Å². The van der Waals surface area contributed by atoms with Crippen LogP contribution in [0.25, 0.3) is 0 Å². The molecule has 3 heterocycles. The van der Waals surface area contributed by atoms with Crippen molar-refractivity contribution in [3.05, 3.63) is 0 Å². The largest absolute Gasteiger partial charge is 0.458 e. The summed E-state index contributed by atoms with van der Waals surface area (Å²) in [6.07, 6.45) is 1.38. The Labute approximate surface area is 295 Å². The van der Waals surface area contributed by atoms with E-state index in [-0.39, 0.29) is 30.7 Å². The highest BCUT2D eigenvalue weighted by molar-refractivity contribution is 7.99. The van der Waals surface area contributed by atoms with Crippen LogP contribution in [0.15, 0.2) is 0 Å². The number of carbonyl (C=O) groups is 4. The molecule has 0 aliphatic carbocycles. The summed E-state index contributed by atoms with van der Waals surface area (Å²) < 4.78 is 30.5. The van der Waals surface area contributed by atoms with Gasteiger partial charge in [0.15, 0.2) is 11.9 Å². The molecule has 0 aromatic heterocycles. The zero-order chi connectivity index (χ0) is 36.1. The first-order chi connectivity index (χ1) is 22.3. The molecular formula is C34H58ClN3O9S.